The highest BCUT2D eigenvalue weighted by Gasteiger charge is 2.40. The molecule has 0 aliphatic rings. The van der Waals surface area contributed by atoms with E-state index in [1.807, 2.05) is 6.07 Å². The monoisotopic (exact) mass is 449 g/mol. The van der Waals surface area contributed by atoms with E-state index < -0.39 is 40.8 Å². The van der Waals surface area contributed by atoms with Gasteiger partial charge in [-0.25, -0.2) is 4.39 Å². The van der Waals surface area contributed by atoms with Crippen molar-refractivity contribution in [2.75, 3.05) is 0 Å². The van der Waals surface area contributed by atoms with Gasteiger partial charge in [0.2, 0.25) is 0 Å². The zero-order valence-corrected chi connectivity index (χ0v) is 15.1. The average molecular weight is 451 g/mol. The van der Waals surface area contributed by atoms with E-state index in [4.69, 9.17) is 34.8 Å². The summed E-state index contributed by atoms with van der Waals surface area (Å²) < 4.78 is 92.6. The first-order valence-corrected chi connectivity index (χ1v) is 8.12. The van der Waals surface area contributed by atoms with Crippen LogP contribution in [0.4, 0.5) is 30.7 Å². The van der Waals surface area contributed by atoms with E-state index >= 15 is 0 Å². The van der Waals surface area contributed by atoms with Crippen LogP contribution in [-0.4, -0.2) is 6.18 Å². The molecule has 1 unspecified atom stereocenters. The number of benzene rings is 2. The molecule has 0 heterocycles. The summed E-state index contributed by atoms with van der Waals surface area (Å²) in [7, 11) is 0. The maximum absolute atomic E-state index is 14.3. The molecule has 1 radical (unpaired) electrons. The summed E-state index contributed by atoms with van der Waals surface area (Å²) in [5.74, 6) is -4.01. The number of allylic oxidation sites excluding steroid dienone is 1. The summed E-state index contributed by atoms with van der Waals surface area (Å²) in [5.41, 5.74) is -2.51. The highest BCUT2D eigenvalue weighted by Crippen LogP contribution is 2.42. The van der Waals surface area contributed by atoms with E-state index in [2.05, 4.69) is 0 Å². The zero-order valence-electron chi connectivity index (χ0n) is 12.8. The molecule has 0 spiro atoms. The maximum Gasteiger partial charge on any atom is 0.417 e. The van der Waals surface area contributed by atoms with Crippen LogP contribution in [0.2, 0.25) is 15.1 Å². The molecule has 0 aromatic heterocycles. The smallest absolute Gasteiger partial charge is 0.207 e. The van der Waals surface area contributed by atoms with Gasteiger partial charge in [-0.3, -0.25) is 0 Å². The first kappa shape index (κ1) is 21.9. The van der Waals surface area contributed by atoms with Gasteiger partial charge in [-0.1, -0.05) is 46.9 Å². The topological polar surface area (TPSA) is 0 Å². The van der Waals surface area contributed by atoms with Gasteiger partial charge in [0.1, 0.15) is 11.7 Å². The van der Waals surface area contributed by atoms with Crippen LogP contribution < -0.4 is 0 Å². The fraction of sp³-hybridized carbons (Fsp3) is 0.176. The second-order valence-electron chi connectivity index (χ2n) is 5.32. The Morgan fingerprint density at radius 2 is 1.52 bits per heavy atom. The van der Waals surface area contributed by atoms with Crippen molar-refractivity contribution in [3.8, 4) is 0 Å². The molecular weight excluding hydrogens is 444 g/mol. The van der Waals surface area contributed by atoms with Crippen molar-refractivity contribution in [2.45, 2.75) is 18.3 Å². The molecule has 0 amide bonds. The first-order valence-electron chi connectivity index (χ1n) is 6.98. The second kappa shape index (κ2) is 7.89. The molecule has 0 aliphatic heterocycles. The van der Waals surface area contributed by atoms with Gasteiger partial charge < -0.3 is 0 Å². The largest absolute Gasteiger partial charge is 0.417 e. The Kier molecular flexibility index (Phi) is 6.39. The lowest BCUT2D eigenvalue weighted by atomic mass is 9.96. The third-order valence-electron chi connectivity index (χ3n) is 3.41. The van der Waals surface area contributed by atoms with Crippen LogP contribution in [-0.2, 0) is 6.18 Å². The van der Waals surface area contributed by atoms with Crippen molar-refractivity contribution in [1.82, 2.24) is 0 Å². The van der Waals surface area contributed by atoms with Crippen molar-refractivity contribution in [3.63, 3.8) is 0 Å². The van der Waals surface area contributed by atoms with E-state index in [0.29, 0.717) is 6.07 Å². The quantitative estimate of drug-likeness (QED) is 0.327. The molecule has 0 bridgehead atoms. The van der Waals surface area contributed by atoms with Crippen LogP contribution in [0.1, 0.15) is 22.6 Å². The summed E-state index contributed by atoms with van der Waals surface area (Å²) in [6.07, 6.45) is -9.64. The standard InChI is InChI=1S/C17H7Cl3F7/c18-12-5-9(6-13(19)15(12)20)11(17(25,26)27)7-14(21)8-2-1-3-10(4-8)16(22,23)24/h1-2,4-7,11H. The molecule has 2 aromatic rings. The lowest BCUT2D eigenvalue weighted by molar-refractivity contribution is -0.140. The Bertz CT molecular complexity index is 847. The summed E-state index contributed by atoms with van der Waals surface area (Å²) in [4.78, 5) is 0. The molecule has 10 heteroatoms. The van der Waals surface area contributed by atoms with Gasteiger partial charge in [-0.15, -0.1) is 0 Å². The van der Waals surface area contributed by atoms with Crippen molar-refractivity contribution in [1.29, 1.82) is 0 Å². The number of rotatable bonds is 3. The Hall–Kier alpha value is -1.44. The molecule has 0 fully saturated rings. The molecule has 2 rings (SSSR count). The summed E-state index contributed by atoms with van der Waals surface area (Å²) >= 11 is 17.1. The molecule has 145 valence electrons. The zero-order chi connectivity index (χ0) is 20.6. The average Bonchev–Trinajstić information content (AvgIpc) is 2.55. The third kappa shape index (κ3) is 5.30. The third-order valence-corrected chi connectivity index (χ3v) is 4.61. The molecule has 0 saturated heterocycles. The van der Waals surface area contributed by atoms with Gasteiger partial charge >= 0.3 is 12.4 Å². The number of hydrogen-bond acceptors (Lipinski definition) is 0. The van der Waals surface area contributed by atoms with Crippen molar-refractivity contribution in [2.24, 2.45) is 0 Å². The molecule has 1 atom stereocenters. The van der Waals surface area contributed by atoms with Gasteiger partial charge in [-0.2, -0.15) is 26.3 Å². The minimum Gasteiger partial charge on any atom is -0.207 e. The van der Waals surface area contributed by atoms with Crippen LogP contribution >= 0.6 is 34.8 Å². The first-order chi connectivity index (χ1) is 12.3. The van der Waals surface area contributed by atoms with Gasteiger partial charge in [0, 0.05) is 5.56 Å². The normalized spacial score (nSPS) is 14.4. The van der Waals surface area contributed by atoms with Crippen LogP contribution in [0, 0.1) is 6.07 Å². The number of alkyl halides is 6. The molecule has 0 aliphatic carbocycles. The Labute approximate surface area is 164 Å². The van der Waals surface area contributed by atoms with E-state index in [1.165, 1.54) is 0 Å². The molecule has 0 nitrogen and oxygen atoms in total. The van der Waals surface area contributed by atoms with E-state index in [-0.39, 0.29) is 21.1 Å². The Morgan fingerprint density at radius 3 is 2.00 bits per heavy atom. The van der Waals surface area contributed by atoms with Crippen molar-refractivity contribution < 1.29 is 30.7 Å². The van der Waals surface area contributed by atoms with Crippen molar-refractivity contribution >= 4 is 40.6 Å². The molecule has 2 aromatic carbocycles. The van der Waals surface area contributed by atoms with Crippen molar-refractivity contribution in [3.05, 3.63) is 74.2 Å². The fourth-order valence-corrected chi connectivity index (χ4v) is 2.77. The molecule has 27 heavy (non-hydrogen) atoms. The van der Waals surface area contributed by atoms with E-state index in [1.54, 1.807) is 0 Å². The lowest BCUT2D eigenvalue weighted by Gasteiger charge is -2.19. The minimum atomic E-state index is -4.97. The van der Waals surface area contributed by atoms with Crippen LogP contribution in [0.5, 0.6) is 0 Å². The fourth-order valence-electron chi connectivity index (χ4n) is 2.16. The highest BCUT2D eigenvalue weighted by molar-refractivity contribution is 6.48. The summed E-state index contributed by atoms with van der Waals surface area (Å²) in [6.45, 7) is 0. The van der Waals surface area contributed by atoms with E-state index in [0.717, 1.165) is 24.3 Å². The second-order valence-corrected chi connectivity index (χ2v) is 6.51. The SMILES string of the molecule is FC(=CC(c1cc(Cl)c(Cl)c(Cl)c1)C(F)(F)F)c1cc[c]c(C(F)(F)F)c1. The summed E-state index contributed by atoms with van der Waals surface area (Å²) in [6, 6.07) is 5.57. The molecule has 0 N–H and O–H groups in total. The number of hydrogen-bond donors (Lipinski definition) is 0. The predicted molar refractivity (Wildman–Crippen MR) is 89.6 cm³/mol. The van der Waals surface area contributed by atoms with Crippen LogP contribution in [0.15, 0.2) is 36.4 Å². The maximum atomic E-state index is 14.3. The minimum absolute atomic E-state index is 0.144. The van der Waals surface area contributed by atoms with Gasteiger partial charge in [-0.05, 0) is 35.9 Å². The predicted octanol–water partition coefficient (Wildman–Crippen LogP) is 8.12. The van der Waals surface area contributed by atoms with Crippen LogP contribution in [0.3, 0.4) is 0 Å². The van der Waals surface area contributed by atoms with Crippen LogP contribution in [0.25, 0.3) is 5.83 Å². The highest BCUT2D eigenvalue weighted by atomic mass is 35.5. The van der Waals surface area contributed by atoms with Gasteiger partial charge in [0.25, 0.3) is 0 Å². The Morgan fingerprint density at radius 1 is 0.963 bits per heavy atom. The van der Waals surface area contributed by atoms with Gasteiger partial charge in [0.15, 0.2) is 0 Å². The van der Waals surface area contributed by atoms with E-state index in [9.17, 15) is 30.7 Å². The Balaban J connectivity index is 2.53. The summed E-state index contributed by atoms with van der Waals surface area (Å²) in [5, 5.41) is -0.743. The van der Waals surface area contributed by atoms with Gasteiger partial charge in [0.05, 0.1) is 20.6 Å². The lowest BCUT2D eigenvalue weighted by Crippen LogP contribution is -2.19. The molecule has 0 saturated carbocycles. The number of halogens is 10. The molecular formula is C17H7Cl3F7.